The Hall–Kier alpha value is -3.93. The van der Waals surface area contributed by atoms with Crippen LogP contribution in [0.15, 0.2) is 146 Å². The van der Waals surface area contributed by atoms with Gasteiger partial charge in [0.15, 0.2) is 0 Å². The molecule has 182 valence electrons. The third kappa shape index (κ3) is 6.08. The Morgan fingerprint density at radius 1 is 0.459 bits per heavy atom. The zero-order chi connectivity index (χ0) is 25.2. The summed E-state index contributed by atoms with van der Waals surface area (Å²) in [7, 11) is -1.81. The highest BCUT2D eigenvalue weighted by molar-refractivity contribution is 7.95. The van der Waals surface area contributed by atoms with Gasteiger partial charge in [-0.05, 0) is 59.7 Å². The van der Waals surface area contributed by atoms with Gasteiger partial charge in [0, 0.05) is 6.42 Å². The van der Waals surface area contributed by atoms with E-state index in [4.69, 9.17) is 4.74 Å². The largest absolute Gasteiger partial charge is 0.493 e. The van der Waals surface area contributed by atoms with Crippen LogP contribution in [-0.2, 0) is 0 Å². The maximum atomic E-state index is 6.22. The van der Waals surface area contributed by atoms with Crippen molar-refractivity contribution >= 4 is 35.3 Å². The monoisotopic (exact) mass is 499 g/mol. The molecule has 0 fully saturated rings. The van der Waals surface area contributed by atoms with Gasteiger partial charge in [-0.1, -0.05) is 109 Å². The highest BCUT2D eigenvalue weighted by Gasteiger charge is 2.44. The highest BCUT2D eigenvalue weighted by atomic mass is 31.2. The van der Waals surface area contributed by atoms with Crippen molar-refractivity contribution in [2.45, 2.75) is 6.42 Å². The Kier molecular flexibility index (Phi) is 8.26. The molecule has 0 aliphatic rings. The smallest absolute Gasteiger partial charge is 0.119 e. The van der Waals surface area contributed by atoms with Crippen LogP contribution in [0.5, 0.6) is 5.75 Å². The number of hydrogen-bond acceptors (Lipinski definition) is 1. The van der Waals surface area contributed by atoms with Gasteiger partial charge in [0.05, 0.1) is 12.8 Å². The molecule has 0 spiro atoms. The standard InChI is InChI=1S/C35H32OP/c1-5-14-30(15-6-1)22-23-31-24-26-32(27-25-31)36-28-13-29-37(33-16-7-2-8-17-33,34-18-9-3-10-19-34)35-20-11-4-12-21-35/h1-12,14-27H,13,28-29H2/q+1. The van der Waals surface area contributed by atoms with Crippen molar-refractivity contribution < 1.29 is 4.74 Å². The molecule has 0 aliphatic heterocycles. The summed E-state index contributed by atoms with van der Waals surface area (Å²) >= 11 is 0. The van der Waals surface area contributed by atoms with Gasteiger partial charge in [0.2, 0.25) is 0 Å². The molecule has 2 heteroatoms. The first-order chi connectivity index (χ1) is 18.3. The third-order valence-corrected chi connectivity index (χ3v) is 11.2. The topological polar surface area (TPSA) is 9.23 Å². The van der Waals surface area contributed by atoms with Crippen molar-refractivity contribution in [1.82, 2.24) is 0 Å². The second-order valence-corrected chi connectivity index (χ2v) is 12.7. The first kappa shape index (κ1) is 24.8. The van der Waals surface area contributed by atoms with E-state index in [9.17, 15) is 0 Å². The second-order valence-electron chi connectivity index (χ2n) is 9.06. The van der Waals surface area contributed by atoms with Crippen molar-refractivity contribution in [1.29, 1.82) is 0 Å². The summed E-state index contributed by atoms with van der Waals surface area (Å²) < 4.78 is 6.22. The summed E-state index contributed by atoms with van der Waals surface area (Å²) in [6, 6.07) is 51.9. The fraction of sp³-hybridized carbons (Fsp3) is 0.0857. The van der Waals surface area contributed by atoms with Crippen molar-refractivity contribution in [3.05, 3.63) is 157 Å². The number of ether oxygens (including phenoxy) is 1. The van der Waals surface area contributed by atoms with Crippen molar-refractivity contribution in [3.63, 3.8) is 0 Å². The maximum absolute atomic E-state index is 6.22. The quantitative estimate of drug-likeness (QED) is 0.109. The lowest BCUT2D eigenvalue weighted by atomic mass is 10.1. The van der Waals surface area contributed by atoms with E-state index in [0.29, 0.717) is 6.61 Å². The van der Waals surface area contributed by atoms with Crippen LogP contribution in [0.4, 0.5) is 0 Å². The van der Waals surface area contributed by atoms with Gasteiger partial charge >= 0.3 is 0 Å². The van der Waals surface area contributed by atoms with Gasteiger partial charge in [0.25, 0.3) is 0 Å². The predicted octanol–water partition coefficient (Wildman–Crippen LogP) is 7.62. The lowest BCUT2D eigenvalue weighted by molar-refractivity contribution is 0.318. The molecule has 0 bridgehead atoms. The van der Waals surface area contributed by atoms with Crippen LogP contribution < -0.4 is 20.7 Å². The number of rotatable bonds is 10. The van der Waals surface area contributed by atoms with Crippen LogP contribution >= 0.6 is 7.26 Å². The average molecular weight is 500 g/mol. The molecule has 0 amide bonds. The Bertz CT molecular complexity index is 1280. The van der Waals surface area contributed by atoms with Gasteiger partial charge in [-0.2, -0.15) is 0 Å². The van der Waals surface area contributed by atoms with Gasteiger partial charge in [-0.3, -0.25) is 0 Å². The zero-order valence-electron chi connectivity index (χ0n) is 21.0. The molecule has 1 nitrogen and oxygen atoms in total. The molecule has 0 heterocycles. The molecule has 5 aromatic rings. The fourth-order valence-electron chi connectivity index (χ4n) is 4.81. The van der Waals surface area contributed by atoms with Crippen LogP contribution in [0.3, 0.4) is 0 Å². The molecule has 37 heavy (non-hydrogen) atoms. The molecule has 0 aliphatic carbocycles. The second kappa shape index (κ2) is 12.3. The van der Waals surface area contributed by atoms with Crippen molar-refractivity contribution in [3.8, 4) is 5.75 Å². The molecular weight excluding hydrogens is 467 g/mol. The lowest BCUT2D eigenvalue weighted by Gasteiger charge is -2.27. The Labute approximate surface area is 221 Å². The van der Waals surface area contributed by atoms with E-state index >= 15 is 0 Å². The first-order valence-electron chi connectivity index (χ1n) is 12.9. The summed E-state index contributed by atoms with van der Waals surface area (Å²) in [5.41, 5.74) is 2.36. The molecule has 0 saturated heterocycles. The van der Waals surface area contributed by atoms with Crippen LogP contribution in [0.2, 0.25) is 0 Å². The van der Waals surface area contributed by atoms with E-state index in [1.807, 2.05) is 6.07 Å². The van der Waals surface area contributed by atoms with Crippen LogP contribution in [0.25, 0.3) is 12.2 Å². The minimum Gasteiger partial charge on any atom is -0.493 e. The predicted molar refractivity (Wildman–Crippen MR) is 162 cm³/mol. The Balaban J connectivity index is 1.31. The van der Waals surface area contributed by atoms with E-state index in [1.165, 1.54) is 27.0 Å². The Morgan fingerprint density at radius 2 is 0.865 bits per heavy atom. The molecule has 0 aromatic heterocycles. The zero-order valence-corrected chi connectivity index (χ0v) is 21.9. The van der Waals surface area contributed by atoms with E-state index < -0.39 is 7.26 Å². The highest BCUT2D eigenvalue weighted by Crippen LogP contribution is 2.55. The van der Waals surface area contributed by atoms with Gasteiger partial charge < -0.3 is 4.74 Å². The Morgan fingerprint density at radius 3 is 1.32 bits per heavy atom. The minimum atomic E-state index is -1.81. The van der Waals surface area contributed by atoms with Crippen LogP contribution in [-0.4, -0.2) is 12.8 Å². The van der Waals surface area contributed by atoms with E-state index in [2.05, 4.69) is 152 Å². The summed E-state index contributed by atoms with van der Waals surface area (Å²) in [6.07, 6.45) is 6.30. The lowest BCUT2D eigenvalue weighted by Crippen LogP contribution is -2.33. The van der Waals surface area contributed by atoms with E-state index in [0.717, 1.165) is 18.3 Å². The maximum Gasteiger partial charge on any atom is 0.119 e. The fourth-order valence-corrected chi connectivity index (χ4v) is 9.12. The van der Waals surface area contributed by atoms with Gasteiger partial charge in [-0.25, -0.2) is 0 Å². The molecule has 0 radical (unpaired) electrons. The molecule has 0 N–H and O–H groups in total. The third-order valence-electron chi connectivity index (χ3n) is 6.65. The molecular formula is C35H32OP+. The minimum absolute atomic E-state index is 0.688. The number of benzene rings is 5. The molecule has 0 saturated carbocycles. The van der Waals surface area contributed by atoms with Gasteiger partial charge in [-0.15, -0.1) is 0 Å². The molecule has 5 rings (SSSR count). The summed E-state index contributed by atoms with van der Waals surface area (Å²) in [6.45, 7) is 0.688. The molecule has 5 aromatic carbocycles. The summed E-state index contributed by atoms with van der Waals surface area (Å²) in [4.78, 5) is 0. The normalized spacial score (nSPS) is 11.5. The summed E-state index contributed by atoms with van der Waals surface area (Å²) in [5, 5.41) is 4.26. The van der Waals surface area contributed by atoms with E-state index in [1.54, 1.807) is 0 Å². The number of hydrogen-bond donors (Lipinski definition) is 0. The van der Waals surface area contributed by atoms with E-state index in [-0.39, 0.29) is 0 Å². The van der Waals surface area contributed by atoms with Crippen LogP contribution in [0.1, 0.15) is 17.5 Å². The van der Waals surface area contributed by atoms with Crippen molar-refractivity contribution in [2.24, 2.45) is 0 Å². The van der Waals surface area contributed by atoms with Gasteiger partial charge in [0.1, 0.15) is 28.9 Å². The average Bonchev–Trinajstić information content (AvgIpc) is 2.99. The summed E-state index contributed by atoms with van der Waals surface area (Å²) in [5.74, 6) is 0.917. The molecule has 0 unspecified atom stereocenters. The first-order valence-corrected chi connectivity index (χ1v) is 14.8. The van der Waals surface area contributed by atoms with Crippen molar-refractivity contribution in [2.75, 3.05) is 12.8 Å². The van der Waals surface area contributed by atoms with Crippen LogP contribution in [0, 0.1) is 0 Å². The molecule has 0 atom stereocenters. The SMILES string of the molecule is C(=Cc1ccc(OCCC[P+](c2ccccc2)(c2ccccc2)c2ccccc2)cc1)c1ccccc1.